The Kier molecular flexibility index (Phi) is 6.52. The second kappa shape index (κ2) is 9.66. The van der Waals surface area contributed by atoms with E-state index in [1.165, 1.54) is 30.3 Å². The fourth-order valence-corrected chi connectivity index (χ4v) is 7.00. The Bertz CT molecular complexity index is 1710. The van der Waals surface area contributed by atoms with E-state index in [9.17, 15) is 21.6 Å². The van der Waals surface area contributed by atoms with Gasteiger partial charge in [0, 0.05) is 27.0 Å². The number of nitrogens with one attached hydrogen (secondary N) is 2. The van der Waals surface area contributed by atoms with Crippen molar-refractivity contribution >= 4 is 58.9 Å². The lowest BCUT2D eigenvalue weighted by Crippen LogP contribution is -2.40. The summed E-state index contributed by atoms with van der Waals surface area (Å²) in [6, 6.07) is 26.0. The maximum Gasteiger partial charge on any atom is 0.265 e. The Morgan fingerprint density at radius 1 is 0.784 bits per heavy atom. The van der Waals surface area contributed by atoms with Crippen molar-refractivity contribution in [2.24, 2.45) is 0 Å². The smallest absolute Gasteiger partial charge is 0.265 e. The minimum Gasteiger partial charge on any atom is -0.325 e. The van der Waals surface area contributed by atoms with Crippen LogP contribution in [0, 0.1) is 0 Å². The first-order valence-electron chi connectivity index (χ1n) is 11.0. The van der Waals surface area contributed by atoms with Crippen molar-refractivity contribution < 1.29 is 21.6 Å². The summed E-state index contributed by atoms with van der Waals surface area (Å²) >= 11 is 3.30. The van der Waals surface area contributed by atoms with Crippen LogP contribution in [0.2, 0.25) is 0 Å². The number of fused-ring (bicyclic) bond motifs is 3. The van der Waals surface area contributed by atoms with Gasteiger partial charge in [0.15, 0.2) is 0 Å². The third-order valence-electron chi connectivity index (χ3n) is 5.75. The van der Waals surface area contributed by atoms with Crippen LogP contribution in [0.5, 0.6) is 0 Å². The highest BCUT2D eigenvalue weighted by Gasteiger charge is 2.35. The molecule has 0 radical (unpaired) electrons. The highest BCUT2D eigenvalue weighted by atomic mass is 79.9. The number of benzene rings is 4. The molecule has 188 valence electrons. The Morgan fingerprint density at radius 3 is 2.08 bits per heavy atom. The number of carbonyl (C=O) groups excluding carboxylic acids is 1. The molecule has 0 saturated heterocycles. The molecule has 0 unspecified atom stereocenters. The molecule has 0 spiro atoms. The second-order valence-corrected chi connectivity index (χ2v) is 12.6. The third-order valence-corrected chi connectivity index (χ3v) is 9.49. The van der Waals surface area contributed by atoms with Crippen LogP contribution in [-0.4, -0.2) is 29.3 Å². The van der Waals surface area contributed by atoms with Gasteiger partial charge < -0.3 is 5.32 Å². The van der Waals surface area contributed by atoms with Crippen molar-refractivity contribution in [2.45, 2.75) is 9.79 Å². The van der Waals surface area contributed by atoms with Crippen LogP contribution in [0.25, 0.3) is 11.1 Å². The molecule has 1 heterocycles. The molecule has 11 heteroatoms. The number of nitrogens with zero attached hydrogens (tertiary/aromatic N) is 1. The Labute approximate surface area is 223 Å². The molecule has 0 fully saturated rings. The van der Waals surface area contributed by atoms with Gasteiger partial charge in [0.1, 0.15) is 6.54 Å². The van der Waals surface area contributed by atoms with Gasteiger partial charge in [-0.05, 0) is 60.7 Å². The average molecular weight is 599 g/mol. The van der Waals surface area contributed by atoms with Gasteiger partial charge >= 0.3 is 0 Å². The van der Waals surface area contributed by atoms with Crippen LogP contribution in [0.4, 0.5) is 17.1 Å². The molecule has 1 amide bonds. The fourth-order valence-electron chi connectivity index (χ4n) is 4.03. The molecule has 37 heavy (non-hydrogen) atoms. The van der Waals surface area contributed by atoms with Crippen molar-refractivity contribution in [3.8, 4) is 11.1 Å². The van der Waals surface area contributed by atoms with E-state index in [1.807, 2.05) is 12.1 Å². The summed E-state index contributed by atoms with van der Waals surface area (Å²) in [7, 11) is -7.80. The molecule has 5 rings (SSSR count). The zero-order chi connectivity index (χ0) is 26.2. The van der Waals surface area contributed by atoms with Crippen LogP contribution in [0.1, 0.15) is 0 Å². The largest absolute Gasteiger partial charge is 0.325 e. The number of sulfonamides is 2. The Balaban J connectivity index is 1.33. The summed E-state index contributed by atoms with van der Waals surface area (Å²) in [6.45, 7) is -0.446. The lowest BCUT2D eigenvalue weighted by atomic mass is 10.0. The summed E-state index contributed by atoms with van der Waals surface area (Å²) in [4.78, 5) is 13.0. The summed E-state index contributed by atoms with van der Waals surface area (Å²) < 4.78 is 56.5. The number of anilines is 3. The molecule has 2 N–H and O–H groups in total. The topological polar surface area (TPSA) is 113 Å². The highest BCUT2D eigenvalue weighted by molar-refractivity contribution is 9.10. The summed E-state index contributed by atoms with van der Waals surface area (Å²) in [5, 5.41) is 2.65. The Hall–Kier alpha value is -3.67. The molecule has 0 aliphatic carbocycles. The van der Waals surface area contributed by atoms with Crippen LogP contribution >= 0.6 is 15.9 Å². The zero-order valence-electron chi connectivity index (χ0n) is 19.1. The van der Waals surface area contributed by atoms with E-state index in [2.05, 4.69) is 26.0 Å². The van der Waals surface area contributed by atoms with E-state index in [4.69, 9.17) is 0 Å². The van der Waals surface area contributed by atoms with E-state index in [0.29, 0.717) is 28.2 Å². The van der Waals surface area contributed by atoms with Crippen LogP contribution < -0.4 is 14.3 Å². The van der Waals surface area contributed by atoms with Crippen molar-refractivity contribution in [1.29, 1.82) is 0 Å². The van der Waals surface area contributed by atoms with Crippen LogP contribution in [0.15, 0.2) is 111 Å². The number of hydrogen-bond donors (Lipinski definition) is 2. The summed E-state index contributed by atoms with van der Waals surface area (Å²) in [5.41, 5.74) is 2.45. The average Bonchev–Trinajstić information content (AvgIpc) is 2.88. The minimum absolute atomic E-state index is 0.0116. The second-order valence-electron chi connectivity index (χ2n) is 8.21. The van der Waals surface area contributed by atoms with Crippen molar-refractivity contribution in [1.82, 2.24) is 0 Å². The van der Waals surface area contributed by atoms with Gasteiger partial charge in [-0.25, -0.2) is 16.8 Å². The van der Waals surface area contributed by atoms with Gasteiger partial charge in [0.25, 0.3) is 20.0 Å². The van der Waals surface area contributed by atoms with Crippen molar-refractivity contribution in [2.75, 3.05) is 20.9 Å². The monoisotopic (exact) mass is 597 g/mol. The van der Waals surface area contributed by atoms with Gasteiger partial charge in [-0.2, -0.15) is 0 Å². The predicted molar refractivity (Wildman–Crippen MR) is 146 cm³/mol. The van der Waals surface area contributed by atoms with Gasteiger partial charge in [0.2, 0.25) is 5.91 Å². The van der Waals surface area contributed by atoms with E-state index in [1.54, 1.807) is 54.6 Å². The normalized spacial score (nSPS) is 13.8. The highest BCUT2D eigenvalue weighted by Crippen LogP contribution is 2.42. The predicted octanol–water partition coefficient (Wildman–Crippen LogP) is 5.06. The first-order valence-corrected chi connectivity index (χ1v) is 14.8. The lowest BCUT2D eigenvalue weighted by molar-refractivity contribution is -0.114. The number of halogens is 1. The number of amides is 1. The standard InChI is InChI=1S/C26H20BrN3O5S2/c27-18-9-11-20(12-10-18)29-36(32,33)21-15-13-19(14-16-21)28-26(31)17-30-24-7-3-1-5-22(24)23-6-2-4-8-25(23)37(30,34)35/h1-16,29H,17H2,(H,28,31). The van der Waals surface area contributed by atoms with Crippen LogP contribution in [-0.2, 0) is 24.8 Å². The fraction of sp³-hybridized carbons (Fsp3) is 0.0385. The molecular weight excluding hydrogens is 578 g/mol. The van der Waals surface area contributed by atoms with Crippen molar-refractivity contribution in [3.05, 3.63) is 102 Å². The van der Waals surface area contributed by atoms with Gasteiger partial charge in [-0.1, -0.05) is 52.3 Å². The first kappa shape index (κ1) is 25.0. The van der Waals surface area contributed by atoms with Gasteiger partial charge in [0.05, 0.1) is 15.5 Å². The summed E-state index contributed by atoms with van der Waals surface area (Å²) in [5.74, 6) is -0.568. The number of carbonyl (C=O) groups is 1. The summed E-state index contributed by atoms with van der Waals surface area (Å²) in [6.07, 6.45) is 0. The quantitative estimate of drug-likeness (QED) is 0.322. The first-order chi connectivity index (χ1) is 17.6. The van der Waals surface area contributed by atoms with E-state index in [-0.39, 0.29) is 9.79 Å². The molecule has 4 aromatic carbocycles. The van der Waals surface area contributed by atoms with Gasteiger partial charge in [-0.3, -0.25) is 13.8 Å². The molecule has 4 aromatic rings. The molecule has 1 aliphatic rings. The number of para-hydroxylation sites is 1. The zero-order valence-corrected chi connectivity index (χ0v) is 22.3. The molecular formula is C26H20BrN3O5S2. The molecule has 0 aromatic heterocycles. The van der Waals surface area contributed by atoms with Crippen molar-refractivity contribution in [3.63, 3.8) is 0 Å². The van der Waals surface area contributed by atoms with E-state index >= 15 is 0 Å². The van der Waals surface area contributed by atoms with Crippen LogP contribution in [0.3, 0.4) is 0 Å². The lowest BCUT2D eigenvalue weighted by Gasteiger charge is -2.31. The molecule has 1 aliphatic heterocycles. The number of rotatable bonds is 6. The molecule has 0 saturated carbocycles. The minimum atomic E-state index is -3.96. The maximum atomic E-state index is 13.3. The van der Waals surface area contributed by atoms with E-state index < -0.39 is 32.5 Å². The van der Waals surface area contributed by atoms with E-state index in [0.717, 1.165) is 8.78 Å². The maximum absolute atomic E-state index is 13.3. The molecule has 0 bridgehead atoms. The molecule has 8 nitrogen and oxygen atoms in total. The Morgan fingerprint density at radius 2 is 1.38 bits per heavy atom. The third kappa shape index (κ3) is 4.97. The SMILES string of the molecule is O=C(CN1c2ccccc2-c2ccccc2S1(=O)=O)Nc1ccc(S(=O)(=O)Nc2ccc(Br)cc2)cc1. The molecule has 0 atom stereocenters. The number of hydrogen-bond acceptors (Lipinski definition) is 5. The van der Waals surface area contributed by atoms with Gasteiger partial charge in [-0.15, -0.1) is 0 Å².